The van der Waals surface area contributed by atoms with Crippen LogP contribution in [0.5, 0.6) is 0 Å². The number of nitrogens with one attached hydrogen (secondary N) is 1. The van der Waals surface area contributed by atoms with Gasteiger partial charge in [-0.05, 0) is 45.4 Å². The summed E-state index contributed by atoms with van der Waals surface area (Å²) in [6, 6.07) is 0.665. The van der Waals surface area contributed by atoms with Gasteiger partial charge in [0.05, 0.1) is 6.10 Å². The molecule has 1 fully saturated rings. The molecule has 3 heteroatoms. The number of thioether (sulfide) groups is 1. The van der Waals surface area contributed by atoms with Gasteiger partial charge in [-0.3, -0.25) is 0 Å². The molecule has 1 N–H and O–H groups in total. The summed E-state index contributed by atoms with van der Waals surface area (Å²) in [5.74, 6) is 2.49. The Kier molecular flexibility index (Phi) is 6.65. The maximum atomic E-state index is 5.57. The average Bonchev–Trinajstić information content (AvgIpc) is 2.69. The smallest absolute Gasteiger partial charge is 0.0666 e. The van der Waals surface area contributed by atoms with Crippen LogP contribution in [-0.4, -0.2) is 37.3 Å². The Labute approximate surface area is 92.2 Å². The van der Waals surface area contributed by atoms with E-state index in [2.05, 4.69) is 24.0 Å². The first-order valence-corrected chi connectivity index (χ1v) is 6.85. The lowest BCUT2D eigenvalue weighted by Crippen LogP contribution is -2.20. The van der Waals surface area contributed by atoms with E-state index in [9.17, 15) is 0 Å². The summed E-state index contributed by atoms with van der Waals surface area (Å²) < 4.78 is 5.57. The van der Waals surface area contributed by atoms with Crippen molar-refractivity contribution in [3.8, 4) is 0 Å². The zero-order valence-corrected chi connectivity index (χ0v) is 10.2. The third-order valence-electron chi connectivity index (χ3n) is 2.75. The second-order valence-corrected chi connectivity index (χ2v) is 5.19. The SMILES string of the molecule is CNC(C)CCCSCC1CCCO1. The molecule has 0 amide bonds. The van der Waals surface area contributed by atoms with Gasteiger partial charge in [-0.2, -0.15) is 11.8 Å². The van der Waals surface area contributed by atoms with Crippen molar-refractivity contribution in [2.24, 2.45) is 0 Å². The Hall–Kier alpha value is 0.270. The van der Waals surface area contributed by atoms with Gasteiger partial charge in [0.1, 0.15) is 0 Å². The van der Waals surface area contributed by atoms with Crippen LogP contribution in [0, 0.1) is 0 Å². The zero-order chi connectivity index (χ0) is 10.2. The molecule has 0 spiro atoms. The van der Waals surface area contributed by atoms with Gasteiger partial charge < -0.3 is 10.1 Å². The lowest BCUT2D eigenvalue weighted by molar-refractivity contribution is 0.129. The third kappa shape index (κ3) is 5.23. The van der Waals surface area contributed by atoms with Gasteiger partial charge in [0, 0.05) is 18.4 Å². The van der Waals surface area contributed by atoms with E-state index in [0.717, 1.165) is 6.61 Å². The summed E-state index contributed by atoms with van der Waals surface area (Å²) in [7, 11) is 2.03. The van der Waals surface area contributed by atoms with Crippen LogP contribution in [0.25, 0.3) is 0 Å². The summed E-state index contributed by atoms with van der Waals surface area (Å²) in [6.07, 6.45) is 5.71. The quantitative estimate of drug-likeness (QED) is 0.661. The molecule has 1 saturated heterocycles. The highest BCUT2D eigenvalue weighted by Gasteiger charge is 2.14. The molecule has 2 nitrogen and oxygen atoms in total. The molecule has 1 heterocycles. The number of hydrogen-bond acceptors (Lipinski definition) is 3. The van der Waals surface area contributed by atoms with Crippen molar-refractivity contribution in [2.45, 2.75) is 44.8 Å². The first-order chi connectivity index (χ1) is 6.83. The molecular formula is C11H23NOS. The highest BCUT2D eigenvalue weighted by Crippen LogP contribution is 2.17. The number of ether oxygens (including phenoxy) is 1. The maximum absolute atomic E-state index is 5.57. The molecule has 0 aliphatic carbocycles. The van der Waals surface area contributed by atoms with Crippen LogP contribution in [0.15, 0.2) is 0 Å². The van der Waals surface area contributed by atoms with E-state index in [4.69, 9.17) is 4.74 Å². The van der Waals surface area contributed by atoms with Crippen molar-refractivity contribution < 1.29 is 4.74 Å². The Morgan fingerprint density at radius 1 is 1.57 bits per heavy atom. The topological polar surface area (TPSA) is 21.3 Å². The van der Waals surface area contributed by atoms with Gasteiger partial charge in [0.15, 0.2) is 0 Å². The lowest BCUT2D eigenvalue weighted by Gasteiger charge is -2.10. The standard InChI is InChI=1S/C11H23NOS/c1-10(12-2)5-4-8-14-9-11-6-3-7-13-11/h10-12H,3-9H2,1-2H3. The maximum Gasteiger partial charge on any atom is 0.0666 e. The van der Waals surface area contributed by atoms with Crippen LogP contribution in [0.1, 0.15) is 32.6 Å². The lowest BCUT2D eigenvalue weighted by atomic mass is 10.2. The van der Waals surface area contributed by atoms with Crippen molar-refractivity contribution >= 4 is 11.8 Å². The third-order valence-corrected chi connectivity index (χ3v) is 3.93. The second-order valence-electron chi connectivity index (χ2n) is 4.04. The highest BCUT2D eigenvalue weighted by atomic mass is 32.2. The van der Waals surface area contributed by atoms with Crippen LogP contribution in [0.2, 0.25) is 0 Å². The molecular weight excluding hydrogens is 194 g/mol. The largest absolute Gasteiger partial charge is 0.377 e. The van der Waals surface area contributed by atoms with Gasteiger partial charge in [-0.1, -0.05) is 0 Å². The fourth-order valence-corrected chi connectivity index (χ4v) is 2.69. The van der Waals surface area contributed by atoms with Crippen LogP contribution < -0.4 is 5.32 Å². The van der Waals surface area contributed by atoms with Crippen LogP contribution in [-0.2, 0) is 4.74 Å². The van der Waals surface area contributed by atoms with Crippen LogP contribution in [0.3, 0.4) is 0 Å². The van der Waals surface area contributed by atoms with Gasteiger partial charge in [-0.15, -0.1) is 0 Å². The molecule has 1 rings (SSSR count). The Balaban J connectivity index is 1.84. The van der Waals surface area contributed by atoms with Gasteiger partial charge in [0.25, 0.3) is 0 Å². The Morgan fingerprint density at radius 2 is 2.43 bits per heavy atom. The van der Waals surface area contributed by atoms with E-state index in [-0.39, 0.29) is 0 Å². The van der Waals surface area contributed by atoms with E-state index in [0.29, 0.717) is 12.1 Å². The van der Waals surface area contributed by atoms with E-state index in [1.165, 1.54) is 37.2 Å². The minimum absolute atomic E-state index is 0.557. The fourth-order valence-electron chi connectivity index (χ4n) is 1.63. The summed E-state index contributed by atoms with van der Waals surface area (Å²) >= 11 is 2.05. The predicted molar refractivity (Wildman–Crippen MR) is 64.1 cm³/mol. The molecule has 1 aliphatic rings. The minimum Gasteiger partial charge on any atom is -0.377 e. The molecule has 84 valence electrons. The number of rotatable bonds is 7. The summed E-state index contributed by atoms with van der Waals surface area (Å²) in [5.41, 5.74) is 0. The Bertz CT molecular complexity index is 137. The van der Waals surface area contributed by atoms with E-state index in [1.807, 2.05) is 7.05 Å². The summed E-state index contributed by atoms with van der Waals surface area (Å²) in [5, 5.41) is 3.26. The minimum atomic E-state index is 0.557. The molecule has 0 aromatic carbocycles. The molecule has 2 atom stereocenters. The van der Waals surface area contributed by atoms with E-state index >= 15 is 0 Å². The molecule has 2 unspecified atom stereocenters. The first kappa shape index (κ1) is 12.3. The molecule has 1 aliphatic heterocycles. The monoisotopic (exact) mass is 217 g/mol. The van der Waals surface area contributed by atoms with Crippen LogP contribution in [0.4, 0.5) is 0 Å². The Morgan fingerprint density at radius 3 is 3.07 bits per heavy atom. The molecule has 0 radical (unpaired) electrons. The van der Waals surface area contributed by atoms with E-state index < -0.39 is 0 Å². The predicted octanol–water partition coefficient (Wildman–Crippen LogP) is 2.29. The normalized spacial score (nSPS) is 24.0. The summed E-state index contributed by atoms with van der Waals surface area (Å²) in [4.78, 5) is 0. The second kappa shape index (κ2) is 7.55. The molecule has 0 aromatic rings. The van der Waals surface area contributed by atoms with Crippen molar-refractivity contribution in [1.29, 1.82) is 0 Å². The highest BCUT2D eigenvalue weighted by molar-refractivity contribution is 7.99. The first-order valence-electron chi connectivity index (χ1n) is 5.69. The van der Waals surface area contributed by atoms with Gasteiger partial charge in [-0.25, -0.2) is 0 Å². The molecule has 0 saturated carbocycles. The van der Waals surface area contributed by atoms with Gasteiger partial charge >= 0.3 is 0 Å². The number of hydrogen-bond donors (Lipinski definition) is 1. The van der Waals surface area contributed by atoms with Gasteiger partial charge in [0.2, 0.25) is 0 Å². The van der Waals surface area contributed by atoms with Crippen molar-refractivity contribution in [3.05, 3.63) is 0 Å². The fraction of sp³-hybridized carbons (Fsp3) is 1.00. The summed E-state index contributed by atoms with van der Waals surface area (Å²) in [6.45, 7) is 3.23. The van der Waals surface area contributed by atoms with E-state index in [1.54, 1.807) is 0 Å². The molecule has 14 heavy (non-hydrogen) atoms. The van der Waals surface area contributed by atoms with Crippen LogP contribution >= 0.6 is 11.8 Å². The van der Waals surface area contributed by atoms with Crippen molar-refractivity contribution in [1.82, 2.24) is 5.32 Å². The van der Waals surface area contributed by atoms with Crippen molar-refractivity contribution in [2.75, 3.05) is 25.2 Å². The molecule has 0 bridgehead atoms. The van der Waals surface area contributed by atoms with Crippen molar-refractivity contribution in [3.63, 3.8) is 0 Å². The average molecular weight is 217 g/mol. The zero-order valence-electron chi connectivity index (χ0n) is 9.42. The molecule has 0 aromatic heterocycles.